The average molecular weight is 524 g/mol. The highest BCUT2D eigenvalue weighted by Gasteiger charge is 2.50. The van der Waals surface area contributed by atoms with E-state index in [0.717, 1.165) is 50.9 Å². The number of nitrogens with zero attached hydrogens (tertiary/aromatic N) is 5. The van der Waals surface area contributed by atoms with Gasteiger partial charge in [0.05, 0.1) is 28.4 Å². The van der Waals surface area contributed by atoms with Crippen molar-refractivity contribution < 1.29 is 9.90 Å². The number of aliphatic hydroxyl groups is 1. The zero-order chi connectivity index (χ0) is 25.6. The molecule has 2 saturated heterocycles. The first kappa shape index (κ1) is 25.0. The summed E-state index contributed by atoms with van der Waals surface area (Å²) in [6, 6.07) is 8.20. The van der Waals surface area contributed by atoms with Crippen LogP contribution in [0.25, 0.3) is 0 Å². The lowest BCUT2D eigenvalue weighted by atomic mass is 9.57. The Morgan fingerprint density at radius 1 is 1.08 bits per heavy atom. The third-order valence-electron chi connectivity index (χ3n) is 9.88. The van der Waals surface area contributed by atoms with Crippen molar-refractivity contribution in [2.75, 3.05) is 31.2 Å². The highest BCUT2D eigenvalue weighted by atomic mass is 35.5. The summed E-state index contributed by atoms with van der Waals surface area (Å²) in [5.41, 5.74) is 1.80. The van der Waals surface area contributed by atoms with E-state index >= 15 is 0 Å². The molecule has 8 heteroatoms. The van der Waals surface area contributed by atoms with Crippen LogP contribution in [0.15, 0.2) is 23.3 Å². The number of likely N-dealkylation sites (tertiary alicyclic amines) is 2. The smallest absolute Gasteiger partial charge is 0.225 e. The summed E-state index contributed by atoms with van der Waals surface area (Å²) < 4.78 is 0. The lowest BCUT2D eigenvalue weighted by Crippen LogP contribution is -2.53. The SMILES string of the molecule is N#Cc1ccc(N2N=C(N3CCC4(CC3)CC(C(=O)N3CCC(O)CC3)C4)CC2C2CCCC2)cc1Cl. The monoisotopic (exact) mass is 523 g/mol. The molecule has 3 heterocycles. The van der Waals surface area contributed by atoms with Gasteiger partial charge >= 0.3 is 0 Å². The number of rotatable bonds is 3. The zero-order valence-electron chi connectivity index (χ0n) is 21.6. The maximum Gasteiger partial charge on any atom is 0.225 e. The Bertz CT molecular complexity index is 1090. The summed E-state index contributed by atoms with van der Waals surface area (Å²) in [6.45, 7) is 3.43. The Hall–Kier alpha value is -2.30. The molecule has 1 aromatic carbocycles. The van der Waals surface area contributed by atoms with Crippen LogP contribution >= 0.6 is 11.6 Å². The molecule has 0 aromatic heterocycles. The molecule has 7 nitrogen and oxygen atoms in total. The molecule has 1 N–H and O–H groups in total. The molecular formula is C29H38ClN5O2. The zero-order valence-corrected chi connectivity index (χ0v) is 22.4. The van der Waals surface area contributed by atoms with Crippen LogP contribution < -0.4 is 5.01 Å². The van der Waals surface area contributed by atoms with Crippen LogP contribution in [-0.4, -0.2) is 65.0 Å². The third-order valence-corrected chi connectivity index (χ3v) is 10.2. The van der Waals surface area contributed by atoms with Crippen molar-refractivity contribution >= 4 is 29.0 Å². The van der Waals surface area contributed by atoms with Crippen LogP contribution in [0.1, 0.15) is 76.2 Å². The minimum absolute atomic E-state index is 0.175. The number of piperidine rings is 2. The molecule has 1 amide bonds. The number of benzene rings is 1. The number of hydrogen-bond donors (Lipinski definition) is 1. The van der Waals surface area contributed by atoms with Crippen molar-refractivity contribution in [1.29, 1.82) is 5.26 Å². The minimum atomic E-state index is -0.238. The van der Waals surface area contributed by atoms with Crippen molar-refractivity contribution in [1.82, 2.24) is 9.80 Å². The summed E-state index contributed by atoms with van der Waals surface area (Å²) in [7, 11) is 0. The molecule has 1 aromatic rings. The largest absolute Gasteiger partial charge is 0.393 e. The molecule has 5 aliphatic rings. The molecule has 0 radical (unpaired) electrons. The number of amidine groups is 1. The lowest BCUT2D eigenvalue weighted by Gasteiger charge is -2.53. The summed E-state index contributed by atoms with van der Waals surface area (Å²) in [6.07, 6.45) is 11.6. The van der Waals surface area contributed by atoms with E-state index in [1.54, 1.807) is 0 Å². The van der Waals surface area contributed by atoms with E-state index in [1.165, 1.54) is 31.5 Å². The number of anilines is 1. The van der Waals surface area contributed by atoms with E-state index in [9.17, 15) is 15.2 Å². The number of carbonyl (C=O) groups excluding carboxylic acids is 1. The maximum absolute atomic E-state index is 13.0. The fraction of sp³-hybridized carbons (Fsp3) is 0.690. The standard InChI is InChI=1S/C29H38ClN5O2/c30-25-15-23(6-5-21(25)19-31)35-26(20-3-1-2-4-20)16-27(32-35)33-13-9-29(10-14-33)17-22(18-29)28(37)34-11-7-24(36)8-12-34/h5-6,15,20,22,24,26,36H,1-4,7-14,16-18H2. The number of halogens is 1. The third kappa shape index (κ3) is 4.83. The van der Waals surface area contributed by atoms with Gasteiger partial charge in [0.2, 0.25) is 5.91 Å². The van der Waals surface area contributed by atoms with Gasteiger partial charge in [-0.25, -0.2) is 0 Å². The molecule has 37 heavy (non-hydrogen) atoms. The van der Waals surface area contributed by atoms with E-state index in [0.29, 0.717) is 59.8 Å². The van der Waals surface area contributed by atoms with Gasteiger partial charge < -0.3 is 14.9 Å². The van der Waals surface area contributed by atoms with E-state index in [-0.39, 0.29) is 12.0 Å². The first-order valence-corrected chi connectivity index (χ1v) is 14.6. The van der Waals surface area contributed by atoms with Crippen LogP contribution in [0.5, 0.6) is 0 Å². The Morgan fingerprint density at radius 2 is 1.78 bits per heavy atom. The second-order valence-electron chi connectivity index (χ2n) is 12.1. The fourth-order valence-electron chi connectivity index (χ4n) is 7.55. The molecule has 1 atom stereocenters. The van der Waals surface area contributed by atoms with Gasteiger partial charge in [0.1, 0.15) is 11.9 Å². The molecule has 4 fully saturated rings. The number of amides is 1. The highest BCUT2D eigenvalue weighted by molar-refractivity contribution is 6.32. The Kier molecular flexibility index (Phi) is 6.83. The van der Waals surface area contributed by atoms with Crippen molar-refractivity contribution in [2.45, 2.75) is 82.8 Å². The molecule has 2 aliphatic carbocycles. The van der Waals surface area contributed by atoms with E-state index in [4.69, 9.17) is 16.7 Å². The number of hydrogen-bond acceptors (Lipinski definition) is 6. The Morgan fingerprint density at radius 3 is 2.43 bits per heavy atom. The molecule has 2 saturated carbocycles. The fourth-order valence-corrected chi connectivity index (χ4v) is 7.77. The van der Waals surface area contributed by atoms with Crippen LogP contribution in [0, 0.1) is 28.6 Å². The molecule has 3 aliphatic heterocycles. The molecule has 1 spiro atoms. The number of hydrazone groups is 1. The average Bonchev–Trinajstić information content (AvgIpc) is 3.58. The predicted octanol–water partition coefficient (Wildman–Crippen LogP) is 4.77. The first-order chi connectivity index (χ1) is 17.9. The summed E-state index contributed by atoms with van der Waals surface area (Å²) in [4.78, 5) is 17.4. The number of nitriles is 1. The Balaban J connectivity index is 1.09. The summed E-state index contributed by atoms with van der Waals surface area (Å²) in [5, 5.41) is 26.9. The van der Waals surface area contributed by atoms with Gasteiger partial charge in [0.15, 0.2) is 0 Å². The minimum Gasteiger partial charge on any atom is -0.393 e. The molecule has 198 valence electrons. The van der Waals surface area contributed by atoms with E-state index < -0.39 is 0 Å². The second kappa shape index (κ2) is 10.1. The van der Waals surface area contributed by atoms with E-state index in [1.807, 2.05) is 23.1 Å². The van der Waals surface area contributed by atoms with Gasteiger partial charge in [0.25, 0.3) is 0 Å². The van der Waals surface area contributed by atoms with Crippen LogP contribution in [-0.2, 0) is 4.79 Å². The lowest BCUT2D eigenvalue weighted by molar-refractivity contribution is -0.147. The van der Waals surface area contributed by atoms with Gasteiger partial charge in [0, 0.05) is 38.5 Å². The maximum atomic E-state index is 13.0. The van der Waals surface area contributed by atoms with Crippen molar-refractivity contribution in [3.05, 3.63) is 28.8 Å². The summed E-state index contributed by atoms with van der Waals surface area (Å²) >= 11 is 6.40. The van der Waals surface area contributed by atoms with Crippen molar-refractivity contribution in [3.63, 3.8) is 0 Å². The first-order valence-electron chi connectivity index (χ1n) is 14.2. The van der Waals surface area contributed by atoms with Gasteiger partial charge in [-0.1, -0.05) is 24.4 Å². The van der Waals surface area contributed by atoms with Crippen LogP contribution in [0.2, 0.25) is 5.02 Å². The Labute approximate surface area is 225 Å². The van der Waals surface area contributed by atoms with Crippen LogP contribution in [0.3, 0.4) is 0 Å². The molecule has 6 rings (SSSR count). The summed E-state index contributed by atoms with van der Waals surface area (Å²) in [5.74, 6) is 2.32. The second-order valence-corrected chi connectivity index (χ2v) is 12.5. The van der Waals surface area contributed by atoms with Gasteiger partial charge in [-0.15, -0.1) is 0 Å². The predicted molar refractivity (Wildman–Crippen MR) is 144 cm³/mol. The van der Waals surface area contributed by atoms with Gasteiger partial charge in [-0.05, 0) is 80.9 Å². The molecule has 0 bridgehead atoms. The molecule has 1 unspecified atom stereocenters. The van der Waals surface area contributed by atoms with Crippen LogP contribution in [0.4, 0.5) is 5.69 Å². The van der Waals surface area contributed by atoms with Gasteiger partial charge in [-0.2, -0.15) is 10.4 Å². The van der Waals surface area contributed by atoms with E-state index in [2.05, 4.69) is 16.0 Å². The molecular weight excluding hydrogens is 486 g/mol. The number of aliphatic hydroxyl groups excluding tert-OH is 1. The quantitative estimate of drug-likeness (QED) is 0.617. The topological polar surface area (TPSA) is 83.2 Å². The van der Waals surface area contributed by atoms with Crippen molar-refractivity contribution in [3.8, 4) is 6.07 Å². The van der Waals surface area contributed by atoms with Gasteiger partial charge in [-0.3, -0.25) is 9.80 Å². The number of carbonyl (C=O) groups is 1. The highest BCUT2D eigenvalue weighted by Crippen LogP contribution is 2.53. The normalized spacial score (nSPS) is 26.9. The van der Waals surface area contributed by atoms with Crippen molar-refractivity contribution in [2.24, 2.45) is 22.4 Å².